The van der Waals surface area contributed by atoms with Gasteiger partial charge in [0.1, 0.15) is 0 Å². The highest BCUT2D eigenvalue weighted by molar-refractivity contribution is 5.74. The number of hydrogen-bond donors (Lipinski definition) is 1. The van der Waals surface area contributed by atoms with Crippen molar-refractivity contribution in [3.8, 4) is 17.6 Å². The largest absolute Gasteiger partial charge is 0.505 e. The molecule has 2 nitrogen and oxygen atoms in total. The van der Waals surface area contributed by atoms with Gasteiger partial charge in [-0.1, -0.05) is 12.0 Å². The third kappa shape index (κ3) is 1.61. The second-order valence-electron chi connectivity index (χ2n) is 2.03. The van der Waals surface area contributed by atoms with Crippen LogP contribution in [0.5, 0.6) is 5.75 Å². The Morgan fingerprint density at radius 1 is 1.50 bits per heavy atom. The number of carbonyl (C=O) groups excluding carboxylic acids is 1. The maximum Gasteiger partial charge on any atom is 0.193 e. The van der Waals surface area contributed by atoms with Crippen LogP contribution in [0.2, 0.25) is 0 Å². The van der Waals surface area contributed by atoms with Gasteiger partial charge in [-0.15, -0.1) is 0 Å². The zero-order valence-corrected chi connectivity index (χ0v) is 6.04. The first-order valence-corrected chi connectivity index (χ1v) is 3.18. The molecule has 0 saturated carbocycles. The van der Waals surface area contributed by atoms with E-state index in [1.165, 1.54) is 18.2 Å². The third-order valence-electron chi connectivity index (χ3n) is 1.24. The number of aromatic hydroxyl groups is 1. The first kappa shape index (κ1) is 8.28. The van der Waals surface area contributed by atoms with E-state index in [9.17, 15) is 9.18 Å². The number of carbonyl (C=O) groups is 1. The number of aldehydes is 1. The average molecular weight is 164 g/mol. The fourth-order valence-electron chi connectivity index (χ4n) is 0.724. The molecule has 0 aliphatic carbocycles. The number of hydrogen-bond acceptors (Lipinski definition) is 2. The molecule has 0 bridgehead atoms. The fourth-order valence-corrected chi connectivity index (χ4v) is 0.724. The average Bonchev–Trinajstić information content (AvgIpc) is 2.08. The molecule has 0 heterocycles. The maximum absolute atomic E-state index is 12.9. The molecule has 0 spiro atoms. The molecule has 0 aromatic heterocycles. The lowest BCUT2D eigenvalue weighted by atomic mass is 10.2. The summed E-state index contributed by atoms with van der Waals surface area (Å²) in [6, 6.07) is 4.04. The van der Waals surface area contributed by atoms with Crippen LogP contribution in [-0.2, 0) is 4.79 Å². The molecule has 0 aliphatic rings. The standard InChI is InChI=1S/C9H5FO2/c10-9-7(4-2-6-11)3-1-5-8(9)12/h1,3,5-6,12H. The zero-order valence-electron chi connectivity index (χ0n) is 6.04. The van der Waals surface area contributed by atoms with Gasteiger partial charge in [-0.3, -0.25) is 4.79 Å². The van der Waals surface area contributed by atoms with Crippen molar-refractivity contribution in [2.45, 2.75) is 0 Å². The van der Waals surface area contributed by atoms with Crippen molar-refractivity contribution in [3.05, 3.63) is 29.6 Å². The van der Waals surface area contributed by atoms with Crippen LogP contribution < -0.4 is 0 Å². The van der Waals surface area contributed by atoms with Crippen LogP contribution in [0.4, 0.5) is 4.39 Å². The topological polar surface area (TPSA) is 37.3 Å². The second kappa shape index (κ2) is 3.54. The van der Waals surface area contributed by atoms with E-state index in [2.05, 4.69) is 11.8 Å². The van der Waals surface area contributed by atoms with Crippen molar-refractivity contribution < 1.29 is 14.3 Å². The summed E-state index contributed by atoms with van der Waals surface area (Å²) in [7, 11) is 0. The van der Waals surface area contributed by atoms with Crippen LogP contribution in [0.25, 0.3) is 0 Å². The lowest BCUT2D eigenvalue weighted by molar-refractivity contribution is -0.103. The minimum atomic E-state index is -0.799. The predicted molar refractivity (Wildman–Crippen MR) is 41.0 cm³/mol. The first-order chi connectivity index (χ1) is 5.75. The molecule has 0 unspecified atom stereocenters. The first-order valence-electron chi connectivity index (χ1n) is 3.18. The predicted octanol–water partition coefficient (Wildman–Crippen LogP) is 1.08. The summed E-state index contributed by atoms with van der Waals surface area (Å²) >= 11 is 0. The van der Waals surface area contributed by atoms with Gasteiger partial charge in [0.15, 0.2) is 17.9 Å². The Bertz CT molecular complexity index is 361. The van der Waals surface area contributed by atoms with Crippen molar-refractivity contribution in [3.63, 3.8) is 0 Å². The summed E-state index contributed by atoms with van der Waals surface area (Å²) in [5, 5.41) is 8.87. The summed E-state index contributed by atoms with van der Waals surface area (Å²) < 4.78 is 12.9. The molecule has 3 heteroatoms. The number of phenols is 1. The Kier molecular flexibility index (Phi) is 2.44. The molecule has 0 aliphatic heterocycles. The highest BCUT2D eigenvalue weighted by atomic mass is 19.1. The molecule has 0 fully saturated rings. The van der Waals surface area contributed by atoms with Crippen molar-refractivity contribution in [2.24, 2.45) is 0 Å². The van der Waals surface area contributed by atoms with Crippen molar-refractivity contribution >= 4 is 6.29 Å². The minimum absolute atomic E-state index is 0.0158. The smallest absolute Gasteiger partial charge is 0.193 e. The molecule has 60 valence electrons. The Morgan fingerprint density at radius 2 is 2.25 bits per heavy atom. The molecular formula is C9H5FO2. The van der Waals surface area contributed by atoms with Crippen LogP contribution >= 0.6 is 0 Å². The Hall–Kier alpha value is -1.82. The van der Waals surface area contributed by atoms with E-state index < -0.39 is 11.6 Å². The molecule has 0 radical (unpaired) electrons. The van der Waals surface area contributed by atoms with Gasteiger partial charge in [0, 0.05) is 0 Å². The quantitative estimate of drug-likeness (QED) is 0.460. The highest BCUT2D eigenvalue weighted by Crippen LogP contribution is 2.17. The second-order valence-corrected chi connectivity index (χ2v) is 2.03. The molecule has 0 saturated heterocycles. The number of rotatable bonds is 0. The lowest BCUT2D eigenvalue weighted by Gasteiger charge is -1.95. The van der Waals surface area contributed by atoms with E-state index >= 15 is 0 Å². The molecule has 1 aromatic rings. The van der Waals surface area contributed by atoms with E-state index in [-0.39, 0.29) is 5.56 Å². The number of benzene rings is 1. The van der Waals surface area contributed by atoms with E-state index in [0.717, 1.165) is 0 Å². The maximum atomic E-state index is 12.9. The molecule has 12 heavy (non-hydrogen) atoms. The minimum Gasteiger partial charge on any atom is -0.505 e. The molecule has 1 rings (SSSR count). The molecular weight excluding hydrogens is 159 g/mol. The SMILES string of the molecule is O=CC#Cc1cccc(O)c1F. The van der Waals surface area contributed by atoms with E-state index in [1.807, 2.05) is 0 Å². The van der Waals surface area contributed by atoms with E-state index in [1.54, 1.807) is 0 Å². The normalized spacial score (nSPS) is 8.42. The monoisotopic (exact) mass is 164 g/mol. The van der Waals surface area contributed by atoms with Crippen LogP contribution in [0.1, 0.15) is 5.56 Å². The third-order valence-corrected chi connectivity index (χ3v) is 1.24. The number of halogens is 1. The Morgan fingerprint density at radius 3 is 2.92 bits per heavy atom. The van der Waals surface area contributed by atoms with Gasteiger partial charge in [0.2, 0.25) is 0 Å². The summed E-state index contributed by atoms with van der Waals surface area (Å²) in [6.45, 7) is 0. The zero-order chi connectivity index (χ0) is 8.97. The Labute approximate surface area is 68.6 Å². The van der Waals surface area contributed by atoms with Crippen molar-refractivity contribution in [2.75, 3.05) is 0 Å². The van der Waals surface area contributed by atoms with Crippen LogP contribution in [0, 0.1) is 17.7 Å². The van der Waals surface area contributed by atoms with E-state index in [0.29, 0.717) is 6.29 Å². The lowest BCUT2D eigenvalue weighted by Crippen LogP contribution is -1.83. The molecule has 0 atom stereocenters. The summed E-state index contributed by atoms with van der Waals surface area (Å²) in [5.74, 6) is 3.04. The molecule has 1 aromatic carbocycles. The van der Waals surface area contributed by atoms with E-state index in [4.69, 9.17) is 5.11 Å². The highest BCUT2D eigenvalue weighted by Gasteiger charge is 2.02. The van der Waals surface area contributed by atoms with Gasteiger partial charge < -0.3 is 5.11 Å². The van der Waals surface area contributed by atoms with Crippen LogP contribution in [0.3, 0.4) is 0 Å². The number of phenolic OH excluding ortho intramolecular Hbond substituents is 1. The van der Waals surface area contributed by atoms with Gasteiger partial charge in [-0.25, -0.2) is 4.39 Å². The van der Waals surface area contributed by atoms with Gasteiger partial charge >= 0.3 is 0 Å². The summed E-state index contributed by atoms with van der Waals surface area (Å²) in [5.41, 5.74) is 0.0158. The van der Waals surface area contributed by atoms with Gasteiger partial charge in [-0.2, -0.15) is 0 Å². The van der Waals surface area contributed by atoms with Gasteiger partial charge in [0.05, 0.1) is 5.56 Å². The van der Waals surface area contributed by atoms with Crippen LogP contribution in [-0.4, -0.2) is 11.4 Å². The van der Waals surface area contributed by atoms with Gasteiger partial charge in [-0.05, 0) is 18.1 Å². The summed E-state index contributed by atoms with van der Waals surface area (Å²) in [6.07, 6.45) is 0.365. The van der Waals surface area contributed by atoms with Crippen LogP contribution in [0.15, 0.2) is 18.2 Å². The van der Waals surface area contributed by atoms with Crippen molar-refractivity contribution in [1.82, 2.24) is 0 Å². The summed E-state index contributed by atoms with van der Waals surface area (Å²) in [4.78, 5) is 9.82. The molecule has 0 amide bonds. The Balaban J connectivity index is 3.16. The van der Waals surface area contributed by atoms with Crippen molar-refractivity contribution in [1.29, 1.82) is 0 Å². The fraction of sp³-hybridized carbons (Fsp3) is 0. The van der Waals surface area contributed by atoms with Gasteiger partial charge in [0.25, 0.3) is 0 Å². The molecule has 1 N–H and O–H groups in total.